The molecule has 1 aliphatic heterocycles. The molecule has 2 aromatic carbocycles. The molecule has 1 aliphatic rings. The molecule has 2 heterocycles. The van der Waals surface area contributed by atoms with Crippen LogP contribution in [0.2, 0.25) is 0 Å². The Labute approximate surface area is 205 Å². The zero-order valence-corrected chi connectivity index (χ0v) is 20.2. The minimum absolute atomic E-state index is 0.219. The number of rotatable bonds is 8. The monoisotopic (exact) mass is 497 g/mol. The largest absolute Gasteiger partial charge is 0.497 e. The Bertz CT molecular complexity index is 1290. The molecular weight excluding hydrogens is 473 g/mol. The summed E-state index contributed by atoms with van der Waals surface area (Å²) >= 11 is 1.31. The summed E-state index contributed by atoms with van der Waals surface area (Å²) in [4.78, 5) is 29.4. The van der Waals surface area contributed by atoms with Gasteiger partial charge in [0.2, 0.25) is 11.1 Å². The summed E-state index contributed by atoms with van der Waals surface area (Å²) < 4.78 is 25.4. The maximum Gasteiger partial charge on any atom is 0.306 e. The van der Waals surface area contributed by atoms with Gasteiger partial charge in [-0.05, 0) is 42.8 Å². The number of hydrogen-bond donors (Lipinski definition) is 2. The third kappa shape index (κ3) is 5.46. The van der Waals surface area contributed by atoms with Gasteiger partial charge in [-0.15, -0.1) is 5.10 Å². The van der Waals surface area contributed by atoms with Crippen molar-refractivity contribution >= 4 is 35.3 Å². The van der Waals surface area contributed by atoms with E-state index in [1.165, 1.54) is 37.1 Å². The number of thioether (sulfide) groups is 1. The number of allylic oxidation sites excluding steroid dienone is 1. The molecule has 35 heavy (non-hydrogen) atoms. The number of nitrogens with one attached hydrogen (secondary N) is 2. The van der Waals surface area contributed by atoms with Gasteiger partial charge in [0.1, 0.15) is 17.6 Å². The summed E-state index contributed by atoms with van der Waals surface area (Å²) in [5, 5.41) is 11.0. The van der Waals surface area contributed by atoms with Gasteiger partial charge in [-0.2, -0.15) is 4.98 Å². The van der Waals surface area contributed by atoms with Crippen molar-refractivity contribution in [3.8, 4) is 5.75 Å². The molecule has 1 aromatic heterocycles. The second kappa shape index (κ2) is 10.6. The molecule has 0 aliphatic carbocycles. The highest BCUT2D eigenvalue weighted by molar-refractivity contribution is 7.99. The van der Waals surface area contributed by atoms with Crippen LogP contribution in [0, 0.1) is 5.82 Å². The minimum atomic E-state index is -0.627. The summed E-state index contributed by atoms with van der Waals surface area (Å²) in [5.74, 6) is 0.347. The second-order valence-corrected chi connectivity index (χ2v) is 8.71. The van der Waals surface area contributed by atoms with E-state index in [0.717, 1.165) is 5.56 Å². The molecule has 0 saturated heterocycles. The molecule has 0 radical (unpaired) electrons. The normalized spacial score (nSPS) is 14.7. The standard InChI is InChI=1S/C24H24FN5O4S/c1-14-20(22(32)27-17-8-5-7-16(25)13-17)21(15-6-4-9-18(12-15)33-2)30-23(26-14)28-24(29-30)35-11-10-19(31)34-3/h4-9,12-13,21H,10-11H2,1-3H3,(H,27,32)(H,26,28,29). The van der Waals surface area contributed by atoms with Gasteiger partial charge in [-0.25, -0.2) is 9.07 Å². The summed E-state index contributed by atoms with van der Waals surface area (Å²) in [6.07, 6.45) is 0.219. The van der Waals surface area contributed by atoms with Crippen molar-refractivity contribution in [1.82, 2.24) is 14.8 Å². The van der Waals surface area contributed by atoms with Crippen LogP contribution in [0.5, 0.6) is 5.75 Å². The van der Waals surface area contributed by atoms with Crippen molar-refractivity contribution in [2.24, 2.45) is 0 Å². The van der Waals surface area contributed by atoms with Crippen LogP contribution in [0.3, 0.4) is 0 Å². The van der Waals surface area contributed by atoms with E-state index in [9.17, 15) is 14.0 Å². The quantitative estimate of drug-likeness (QED) is 0.355. The Morgan fingerprint density at radius 3 is 2.74 bits per heavy atom. The van der Waals surface area contributed by atoms with Gasteiger partial charge in [-0.1, -0.05) is 30.0 Å². The number of nitrogens with zero attached hydrogens (tertiary/aromatic N) is 3. The number of halogens is 1. The van der Waals surface area contributed by atoms with Crippen molar-refractivity contribution in [2.45, 2.75) is 24.5 Å². The first-order chi connectivity index (χ1) is 16.9. The predicted molar refractivity (Wildman–Crippen MR) is 130 cm³/mol. The molecular formula is C24H24FN5O4S. The van der Waals surface area contributed by atoms with Gasteiger partial charge in [0.05, 0.1) is 26.2 Å². The van der Waals surface area contributed by atoms with E-state index < -0.39 is 17.8 Å². The maximum atomic E-state index is 13.7. The smallest absolute Gasteiger partial charge is 0.306 e. The fourth-order valence-corrected chi connectivity index (χ4v) is 4.45. The Hall–Kier alpha value is -3.86. The number of esters is 1. The first-order valence-corrected chi connectivity index (χ1v) is 11.7. The zero-order chi connectivity index (χ0) is 24.9. The average molecular weight is 498 g/mol. The minimum Gasteiger partial charge on any atom is -0.497 e. The molecule has 2 N–H and O–H groups in total. The third-order valence-corrected chi connectivity index (χ3v) is 6.17. The molecule has 9 nitrogen and oxygen atoms in total. The molecule has 0 spiro atoms. The molecule has 11 heteroatoms. The fourth-order valence-electron chi connectivity index (χ4n) is 3.70. The summed E-state index contributed by atoms with van der Waals surface area (Å²) in [6, 6.07) is 12.4. The topological polar surface area (TPSA) is 107 Å². The Morgan fingerprint density at radius 1 is 1.20 bits per heavy atom. The van der Waals surface area contributed by atoms with E-state index in [2.05, 4.69) is 25.5 Å². The Kier molecular flexibility index (Phi) is 7.35. The molecule has 1 amide bonds. The Balaban J connectivity index is 1.70. The zero-order valence-electron chi connectivity index (χ0n) is 19.4. The summed E-state index contributed by atoms with van der Waals surface area (Å²) in [5.41, 5.74) is 2.07. The first-order valence-electron chi connectivity index (χ1n) is 10.7. The van der Waals surface area contributed by atoms with Crippen LogP contribution < -0.4 is 15.4 Å². The molecule has 1 unspecified atom stereocenters. The first kappa shape index (κ1) is 24.3. The van der Waals surface area contributed by atoms with Crippen LogP contribution in [0.25, 0.3) is 0 Å². The van der Waals surface area contributed by atoms with Crippen LogP contribution in [0.1, 0.15) is 24.9 Å². The maximum absolute atomic E-state index is 13.7. The van der Waals surface area contributed by atoms with Crippen LogP contribution in [0.4, 0.5) is 16.0 Å². The van der Waals surface area contributed by atoms with E-state index in [1.807, 2.05) is 24.3 Å². The van der Waals surface area contributed by atoms with Crippen LogP contribution in [-0.4, -0.2) is 46.6 Å². The van der Waals surface area contributed by atoms with Crippen molar-refractivity contribution < 1.29 is 23.5 Å². The number of ether oxygens (including phenoxy) is 2. The Morgan fingerprint density at radius 2 is 2.00 bits per heavy atom. The second-order valence-electron chi connectivity index (χ2n) is 7.64. The molecule has 4 rings (SSSR count). The molecule has 0 bridgehead atoms. The van der Waals surface area contributed by atoms with Crippen molar-refractivity contribution in [1.29, 1.82) is 0 Å². The summed E-state index contributed by atoms with van der Waals surface area (Å²) in [7, 11) is 2.91. The highest BCUT2D eigenvalue weighted by Crippen LogP contribution is 2.37. The number of benzene rings is 2. The van der Waals surface area contributed by atoms with Crippen molar-refractivity contribution in [3.63, 3.8) is 0 Å². The van der Waals surface area contributed by atoms with Gasteiger partial charge in [0, 0.05) is 17.1 Å². The number of anilines is 2. The lowest BCUT2D eigenvalue weighted by molar-refractivity contribution is -0.140. The molecule has 0 saturated carbocycles. The molecule has 182 valence electrons. The highest BCUT2D eigenvalue weighted by Gasteiger charge is 2.34. The van der Waals surface area contributed by atoms with Crippen LogP contribution in [-0.2, 0) is 14.3 Å². The van der Waals surface area contributed by atoms with Crippen molar-refractivity contribution in [3.05, 3.63) is 71.2 Å². The highest BCUT2D eigenvalue weighted by atomic mass is 32.2. The van der Waals surface area contributed by atoms with Gasteiger partial charge in [0.15, 0.2) is 0 Å². The van der Waals surface area contributed by atoms with E-state index in [4.69, 9.17) is 4.74 Å². The van der Waals surface area contributed by atoms with Crippen molar-refractivity contribution in [2.75, 3.05) is 30.6 Å². The molecule has 3 aromatic rings. The average Bonchev–Trinajstić information content (AvgIpc) is 3.25. The van der Waals surface area contributed by atoms with Crippen LogP contribution in [0.15, 0.2) is 65.0 Å². The molecule has 1 atom stereocenters. The lowest BCUT2D eigenvalue weighted by Gasteiger charge is -2.28. The van der Waals surface area contributed by atoms with Gasteiger partial charge in [0.25, 0.3) is 5.91 Å². The number of fused-ring (bicyclic) bond motifs is 1. The van der Waals surface area contributed by atoms with Crippen LogP contribution >= 0.6 is 11.8 Å². The van der Waals surface area contributed by atoms with E-state index >= 15 is 0 Å². The third-order valence-electron chi connectivity index (χ3n) is 5.33. The number of amides is 1. The fraction of sp³-hybridized carbons (Fsp3) is 0.250. The number of carbonyl (C=O) groups is 2. The lowest BCUT2D eigenvalue weighted by Crippen LogP contribution is -2.31. The number of aromatic nitrogens is 3. The lowest BCUT2D eigenvalue weighted by atomic mass is 9.95. The predicted octanol–water partition coefficient (Wildman–Crippen LogP) is 4.01. The van der Waals surface area contributed by atoms with E-state index in [-0.39, 0.29) is 12.4 Å². The van der Waals surface area contributed by atoms with Gasteiger partial charge in [-0.3, -0.25) is 9.59 Å². The van der Waals surface area contributed by atoms with E-state index in [0.29, 0.717) is 39.6 Å². The SMILES string of the molecule is COC(=O)CCSc1nc2n(n1)C(c1cccc(OC)c1)C(C(=O)Nc1cccc(F)c1)=C(C)N2. The molecule has 0 fully saturated rings. The number of carbonyl (C=O) groups excluding carboxylic acids is 2. The number of methoxy groups -OCH3 is 2. The van der Waals surface area contributed by atoms with E-state index in [1.54, 1.807) is 24.8 Å². The van der Waals surface area contributed by atoms with Gasteiger partial charge < -0.3 is 20.1 Å². The summed E-state index contributed by atoms with van der Waals surface area (Å²) in [6.45, 7) is 1.77. The van der Waals surface area contributed by atoms with Gasteiger partial charge >= 0.3 is 5.97 Å². The number of hydrogen-bond acceptors (Lipinski definition) is 8.